The molecule has 0 aliphatic heterocycles. The lowest BCUT2D eigenvalue weighted by atomic mass is 9.92. The Morgan fingerprint density at radius 2 is 1.55 bits per heavy atom. The number of pyridine rings is 2. The van der Waals surface area contributed by atoms with Crippen LogP contribution >= 0.6 is 0 Å². The molecule has 2 aromatic heterocycles. The van der Waals surface area contributed by atoms with Crippen molar-refractivity contribution in [3.05, 3.63) is 125 Å². The summed E-state index contributed by atoms with van der Waals surface area (Å²) in [6.45, 7) is 5.42. The van der Waals surface area contributed by atoms with E-state index in [2.05, 4.69) is 9.97 Å². The Morgan fingerprint density at radius 1 is 0.810 bits per heavy atom. The van der Waals surface area contributed by atoms with E-state index in [1.807, 2.05) is 73.7 Å². The fourth-order valence-electron chi connectivity index (χ4n) is 4.75. The molecule has 3 aromatic carbocycles. The summed E-state index contributed by atoms with van der Waals surface area (Å²) in [6, 6.07) is 26.3. The number of nitrogens with zero attached hydrogens (tertiary/aromatic N) is 2. The second kappa shape index (κ2) is 10.9. The van der Waals surface area contributed by atoms with Crippen LogP contribution in [0.4, 0.5) is 0 Å². The molecule has 0 fully saturated rings. The molecule has 8 heteroatoms. The molecule has 214 valence electrons. The highest BCUT2D eigenvalue weighted by molar-refractivity contribution is 7.91. The van der Waals surface area contributed by atoms with Crippen molar-refractivity contribution < 1.29 is 16.8 Å². The minimum absolute atomic E-state index is 0.251. The number of rotatable bonds is 7. The third-order valence-corrected chi connectivity index (χ3v) is 10.8. The zero-order valence-electron chi connectivity index (χ0n) is 24.2. The molecule has 0 saturated heterocycles. The van der Waals surface area contributed by atoms with Crippen molar-refractivity contribution in [3.8, 4) is 11.1 Å². The molecule has 42 heavy (non-hydrogen) atoms. The monoisotopic (exact) mass is 596 g/mol. The van der Waals surface area contributed by atoms with Gasteiger partial charge >= 0.3 is 0 Å². The van der Waals surface area contributed by atoms with Crippen molar-refractivity contribution in [3.63, 3.8) is 0 Å². The van der Waals surface area contributed by atoms with Crippen LogP contribution in [0.5, 0.6) is 0 Å². The molecule has 0 spiro atoms. The lowest BCUT2D eigenvalue weighted by molar-refractivity contribution is 0.561. The van der Waals surface area contributed by atoms with Crippen LogP contribution in [0.1, 0.15) is 41.8 Å². The van der Waals surface area contributed by atoms with Gasteiger partial charge in [0.15, 0.2) is 19.7 Å². The zero-order chi connectivity index (χ0) is 30.3. The highest BCUT2D eigenvalue weighted by atomic mass is 32.2. The SMILES string of the molecule is Cc1ccc(/C(=C\c2cccc(-c3cc(C(C)(C)S(C)(=O)=O)cc4cccnc34)c2)c2ccc(S(C)(=O)=O)cc2)nc1. The Balaban J connectivity index is 1.69. The van der Waals surface area contributed by atoms with E-state index in [1.54, 1.807) is 50.5 Å². The molecular formula is C34H32N2O4S2. The molecule has 0 saturated carbocycles. The van der Waals surface area contributed by atoms with Gasteiger partial charge in [-0.2, -0.15) is 0 Å². The molecule has 0 amide bonds. The predicted molar refractivity (Wildman–Crippen MR) is 171 cm³/mol. The van der Waals surface area contributed by atoms with Crippen LogP contribution < -0.4 is 0 Å². The molecule has 6 nitrogen and oxygen atoms in total. The minimum atomic E-state index is -3.40. The molecule has 0 bridgehead atoms. The number of hydrogen-bond acceptors (Lipinski definition) is 6. The average Bonchev–Trinajstić information content (AvgIpc) is 2.95. The van der Waals surface area contributed by atoms with Crippen molar-refractivity contribution in [1.82, 2.24) is 9.97 Å². The molecule has 5 rings (SSSR count). The highest BCUT2D eigenvalue weighted by Gasteiger charge is 2.33. The number of hydrogen-bond donors (Lipinski definition) is 0. The van der Waals surface area contributed by atoms with Gasteiger partial charge in [-0.3, -0.25) is 9.97 Å². The minimum Gasteiger partial charge on any atom is -0.256 e. The van der Waals surface area contributed by atoms with Crippen LogP contribution in [-0.4, -0.2) is 39.3 Å². The van der Waals surface area contributed by atoms with E-state index in [1.165, 1.54) is 12.5 Å². The van der Waals surface area contributed by atoms with E-state index < -0.39 is 24.4 Å². The first-order chi connectivity index (χ1) is 19.7. The summed E-state index contributed by atoms with van der Waals surface area (Å²) >= 11 is 0. The van der Waals surface area contributed by atoms with Gasteiger partial charge in [0.25, 0.3) is 0 Å². The van der Waals surface area contributed by atoms with Crippen molar-refractivity contribution in [2.24, 2.45) is 0 Å². The van der Waals surface area contributed by atoms with E-state index in [4.69, 9.17) is 0 Å². The van der Waals surface area contributed by atoms with Gasteiger partial charge in [0.05, 0.1) is 20.9 Å². The van der Waals surface area contributed by atoms with E-state index in [-0.39, 0.29) is 4.90 Å². The van der Waals surface area contributed by atoms with Gasteiger partial charge in [-0.25, -0.2) is 16.8 Å². The Labute approximate surface area is 247 Å². The summed E-state index contributed by atoms with van der Waals surface area (Å²) in [5, 5.41) is 0.859. The van der Waals surface area contributed by atoms with Crippen molar-refractivity contribution >= 4 is 42.2 Å². The fraction of sp³-hybridized carbons (Fsp3) is 0.176. The fourth-order valence-corrected chi connectivity index (χ4v) is 5.93. The largest absolute Gasteiger partial charge is 0.256 e. The maximum Gasteiger partial charge on any atom is 0.175 e. The molecule has 0 N–H and O–H groups in total. The predicted octanol–water partition coefficient (Wildman–Crippen LogP) is 6.88. The Morgan fingerprint density at radius 3 is 2.19 bits per heavy atom. The van der Waals surface area contributed by atoms with Gasteiger partial charge in [-0.15, -0.1) is 0 Å². The van der Waals surface area contributed by atoms with Gasteiger partial charge in [0, 0.05) is 41.4 Å². The van der Waals surface area contributed by atoms with Crippen molar-refractivity contribution in [2.75, 3.05) is 12.5 Å². The van der Waals surface area contributed by atoms with Crippen LogP contribution in [0.25, 0.3) is 33.7 Å². The maximum atomic E-state index is 12.7. The van der Waals surface area contributed by atoms with Crippen LogP contribution in [-0.2, 0) is 24.4 Å². The number of fused-ring (bicyclic) bond motifs is 1. The van der Waals surface area contributed by atoms with E-state index in [0.717, 1.165) is 50.0 Å². The summed E-state index contributed by atoms with van der Waals surface area (Å²) in [4.78, 5) is 9.54. The summed E-state index contributed by atoms with van der Waals surface area (Å²) in [6.07, 6.45) is 8.01. The standard InChI is InChI=1S/C34H32N2O4S2/c1-23-11-16-32(36-22-23)30(25-12-14-29(15-13-25)41(4,37)38)19-24-8-6-9-26(18-24)31-21-28(34(2,3)42(5,39)40)20-27-10-7-17-35-33(27)31/h6-22H,1-5H3/b30-19-. The lowest BCUT2D eigenvalue weighted by Gasteiger charge is -2.24. The molecule has 0 radical (unpaired) electrons. The second-order valence-corrected chi connectivity index (χ2v) is 15.7. The second-order valence-electron chi connectivity index (χ2n) is 11.1. The molecular weight excluding hydrogens is 565 g/mol. The summed E-state index contributed by atoms with van der Waals surface area (Å²) in [5.41, 5.74) is 7.54. The van der Waals surface area contributed by atoms with Crippen LogP contribution in [0, 0.1) is 6.92 Å². The highest BCUT2D eigenvalue weighted by Crippen LogP contribution is 2.37. The quantitative estimate of drug-likeness (QED) is 0.190. The van der Waals surface area contributed by atoms with Gasteiger partial charge in [-0.1, -0.05) is 42.5 Å². The van der Waals surface area contributed by atoms with Gasteiger partial charge in [-0.05, 0) is 97.1 Å². The topological polar surface area (TPSA) is 94.1 Å². The Bertz CT molecular complexity index is 2050. The summed E-state index contributed by atoms with van der Waals surface area (Å²) < 4.78 is 48.4. The third kappa shape index (κ3) is 5.91. The molecule has 0 aliphatic carbocycles. The first-order valence-corrected chi connectivity index (χ1v) is 17.2. The number of benzene rings is 3. The van der Waals surface area contributed by atoms with E-state index in [0.29, 0.717) is 5.56 Å². The number of aromatic nitrogens is 2. The molecule has 5 aromatic rings. The van der Waals surface area contributed by atoms with Crippen LogP contribution in [0.15, 0.2) is 102 Å². The van der Waals surface area contributed by atoms with Crippen molar-refractivity contribution in [1.29, 1.82) is 0 Å². The van der Waals surface area contributed by atoms with E-state index in [9.17, 15) is 16.8 Å². The summed E-state index contributed by atoms with van der Waals surface area (Å²) in [5.74, 6) is 0. The van der Waals surface area contributed by atoms with Crippen LogP contribution in [0.3, 0.4) is 0 Å². The van der Waals surface area contributed by atoms with Gasteiger partial charge in [0.1, 0.15) is 0 Å². The van der Waals surface area contributed by atoms with Gasteiger partial charge in [0.2, 0.25) is 0 Å². The smallest absolute Gasteiger partial charge is 0.175 e. The first-order valence-electron chi connectivity index (χ1n) is 13.4. The molecule has 0 unspecified atom stereocenters. The molecule has 0 aliphatic rings. The zero-order valence-corrected chi connectivity index (χ0v) is 25.8. The molecule has 2 heterocycles. The first kappa shape index (κ1) is 29.4. The number of aryl methyl sites for hydroxylation is 1. The van der Waals surface area contributed by atoms with E-state index >= 15 is 0 Å². The lowest BCUT2D eigenvalue weighted by Crippen LogP contribution is -2.28. The Kier molecular flexibility index (Phi) is 7.64. The van der Waals surface area contributed by atoms with Gasteiger partial charge < -0.3 is 0 Å². The maximum absolute atomic E-state index is 12.7. The van der Waals surface area contributed by atoms with Crippen LogP contribution in [0.2, 0.25) is 0 Å². The Hall–Kier alpha value is -4.14. The summed E-state index contributed by atoms with van der Waals surface area (Å²) in [7, 11) is -6.73. The number of sulfone groups is 2. The van der Waals surface area contributed by atoms with Crippen molar-refractivity contribution in [2.45, 2.75) is 30.4 Å². The third-order valence-electron chi connectivity index (χ3n) is 7.62. The molecule has 0 atom stereocenters. The normalized spacial score (nSPS) is 12.9. The average molecular weight is 597 g/mol.